The van der Waals surface area contributed by atoms with Crippen molar-refractivity contribution in [2.24, 2.45) is 5.73 Å². The number of nitrogens with one attached hydrogen (secondary N) is 1. The van der Waals surface area contributed by atoms with Gasteiger partial charge in [-0.25, -0.2) is 4.79 Å². The second kappa shape index (κ2) is 11.0. The van der Waals surface area contributed by atoms with Crippen molar-refractivity contribution in [2.45, 2.75) is 38.3 Å². The van der Waals surface area contributed by atoms with Gasteiger partial charge >= 0.3 is 23.9 Å². The Morgan fingerprint density at radius 1 is 0.955 bits per heavy atom. The molecule has 0 aliphatic heterocycles. The quantitative estimate of drug-likeness (QED) is 0.299. The zero-order chi connectivity index (χ0) is 17.9. The summed E-state index contributed by atoms with van der Waals surface area (Å²) in [6, 6.07) is -2.41. The number of hydrogen-bond acceptors (Lipinski definition) is 6. The van der Waals surface area contributed by atoms with Crippen LogP contribution in [0.1, 0.15) is 26.2 Å². The highest BCUT2D eigenvalue weighted by Gasteiger charge is 2.21. The normalized spacial score (nSPS) is 12.1. The van der Waals surface area contributed by atoms with Gasteiger partial charge in [0.05, 0.1) is 6.42 Å². The molecule has 0 aliphatic carbocycles. The lowest BCUT2D eigenvalue weighted by Gasteiger charge is -2.09. The molecule has 11 nitrogen and oxygen atoms in total. The zero-order valence-electron chi connectivity index (χ0n) is 11.7. The van der Waals surface area contributed by atoms with Crippen molar-refractivity contribution < 1.29 is 44.4 Å². The van der Waals surface area contributed by atoms with E-state index < -0.39 is 48.3 Å². The molecule has 0 rings (SSSR count). The summed E-state index contributed by atoms with van der Waals surface area (Å²) in [6.07, 6.45) is -0.840. The monoisotopic (exact) mass is 322 g/mol. The van der Waals surface area contributed by atoms with Crippen LogP contribution in [0.4, 0.5) is 0 Å². The molecule has 0 spiro atoms. The van der Waals surface area contributed by atoms with Crippen LogP contribution in [0.3, 0.4) is 0 Å². The van der Waals surface area contributed by atoms with Gasteiger partial charge in [-0.2, -0.15) is 0 Å². The van der Waals surface area contributed by atoms with Crippen molar-refractivity contribution in [3.63, 3.8) is 0 Å². The topological polar surface area (TPSA) is 204 Å². The minimum Gasteiger partial charge on any atom is -0.481 e. The zero-order valence-corrected chi connectivity index (χ0v) is 11.7. The maximum atomic E-state index is 10.4. The number of nitrogens with two attached hydrogens (primary N) is 1. The molecule has 0 aliphatic rings. The Morgan fingerprint density at radius 3 is 1.73 bits per heavy atom. The molecule has 0 radical (unpaired) electrons. The maximum Gasteiger partial charge on any atom is 0.326 e. The Morgan fingerprint density at radius 2 is 1.45 bits per heavy atom. The van der Waals surface area contributed by atoms with Gasteiger partial charge in [-0.15, -0.1) is 0 Å². The second-order valence-corrected chi connectivity index (χ2v) is 4.07. The van der Waals surface area contributed by atoms with Crippen LogP contribution in [-0.2, 0) is 24.0 Å². The van der Waals surface area contributed by atoms with Gasteiger partial charge in [0, 0.05) is 13.3 Å². The first-order valence-electron chi connectivity index (χ1n) is 5.89. The van der Waals surface area contributed by atoms with Crippen LogP contribution in [-0.4, -0.2) is 62.3 Å². The third-order valence-corrected chi connectivity index (χ3v) is 2.04. The first kappa shape index (κ1) is 21.6. The molecule has 1 amide bonds. The molecule has 22 heavy (non-hydrogen) atoms. The van der Waals surface area contributed by atoms with Crippen LogP contribution < -0.4 is 11.1 Å². The van der Waals surface area contributed by atoms with Crippen molar-refractivity contribution in [1.29, 1.82) is 0 Å². The average Bonchev–Trinajstić information content (AvgIpc) is 2.34. The van der Waals surface area contributed by atoms with E-state index >= 15 is 0 Å². The molecule has 0 fully saturated rings. The van der Waals surface area contributed by atoms with E-state index in [4.69, 9.17) is 26.2 Å². The Hall–Kier alpha value is -2.69. The summed E-state index contributed by atoms with van der Waals surface area (Å²) >= 11 is 0. The molecule has 0 bridgehead atoms. The van der Waals surface area contributed by atoms with E-state index in [0.29, 0.717) is 0 Å². The molecular formula is C11H18N2O9. The SMILES string of the molecule is CC(=O)NC(CC(=O)O)C(=O)O.NC(CCC(=O)O)C(=O)O. The van der Waals surface area contributed by atoms with Crippen molar-refractivity contribution >= 4 is 29.8 Å². The fraction of sp³-hybridized carbons (Fsp3) is 0.545. The summed E-state index contributed by atoms with van der Waals surface area (Å²) in [4.78, 5) is 50.6. The molecule has 7 N–H and O–H groups in total. The van der Waals surface area contributed by atoms with E-state index in [1.165, 1.54) is 0 Å². The third kappa shape index (κ3) is 13.7. The fourth-order valence-corrected chi connectivity index (χ4v) is 1.02. The van der Waals surface area contributed by atoms with Crippen molar-refractivity contribution in [1.82, 2.24) is 5.32 Å². The lowest BCUT2D eigenvalue weighted by atomic mass is 10.2. The number of rotatable bonds is 8. The standard InChI is InChI=1S/C6H9NO5.C5H9NO4/c1-3(8)7-4(6(11)12)2-5(9)10;6-3(5(9)10)1-2-4(7)8/h4H,2H2,1H3,(H,7,8)(H,9,10)(H,11,12);3H,1-2,6H2,(H,7,8)(H,9,10). The van der Waals surface area contributed by atoms with Crippen LogP contribution >= 0.6 is 0 Å². The summed E-state index contributed by atoms with van der Waals surface area (Å²) in [7, 11) is 0. The fourth-order valence-electron chi connectivity index (χ4n) is 1.02. The van der Waals surface area contributed by atoms with Gasteiger partial charge in [0.25, 0.3) is 0 Å². The van der Waals surface area contributed by atoms with Crippen LogP contribution in [0.2, 0.25) is 0 Å². The largest absolute Gasteiger partial charge is 0.481 e. The molecule has 0 saturated heterocycles. The number of carbonyl (C=O) groups excluding carboxylic acids is 1. The average molecular weight is 322 g/mol. The van der Waals surface area contributed by atoms with Crippen molar-refractivity contribution in [2.75, 3.05) is 0 Å². The predicted octanol–water partition coefficient (Wildman–Crippen LogP) is -1.69. The lowest BCUT2D eigenvalue weighted by Crippen LogP contribution is -2.41. The molecule has 2 atom stereocenters. The van der Waals surface area contributed by atoms with Crippen molar-refractivity contribution in [3.8, 4) is 0 Å². The van der Waals surface area contributed by atoms with Gasteiger partial charge in [0.1, 0.15) is 12.1 Å². The van der Waals surface area contributed by atoms with E-state index in [1.54, 1.807) is 0 Å². The number of carboxylic acid groups (broad SMARTS) is 4. The predicted molar refractivity (Wildman–Crippen MR) is 70.0 cm³/mol. The summed E-state index contributed by atoms with van der Waals surface area (Å²) < 4.78 is 0. The number of hydrogen-bond donors (Lipinski definition) is 6. The van der Waals surface area contributed by atoms with Crippen molar-refractivity contribution in [3.05, 3.63) is 0 Å². The summed E-state index contributed by atoms with van der Waals surface area (Å²) in [6.45, 7) is 1.12. The molecular weight excluding hydrogens is 304 g/mol. The number of carbonyl (C=O) groups is 5. The Kier molecular flexibility index (Phi) is 10.8. The lowest BCUT2D eigenvalue weighted by molar-refractivity contribution is -0.147. The highest BCUT2D eigenvalue weighted by Crippen LogP contribution is 1.93. The molecule has 0 heterocycles. The van der Waals surface area contributed by atoms with Gasteiger partial charge < -0.3 is 31.5 Å². The van der Waals surface area contributed by atoms with Crippen LogP contribution in [0, 0.1) is 0 Å². The Balaban J connectivity index is 0. The highest BCUT2D eigenvalue weighted by molar-refractivity contribution is 5.85. The van der Waals surface area contributed by atoms with E-state index in [2.05, 4.69) is 0 Å². The van der Waals surface area contributed by atoms with E-state index in [0.717, 1.165) is 6.92 Å². The van der Waals surface area contributed by atoms with Crippen LogP contribution in [0.15, 0.2) is 0 Å². The highest BCUT2D eigenvalue weighted by atomic mass is 16.4. The first-order valence-corrected chi connectivity index (χ1v) is 5.89. The van der Waals surface area contributed by atoms with E-state index in [1.807, 2.05) is 5.32 Å². The molecule has 0 aromatic rings. The smallest absolute Gasteiger partial charge is 0.326 e. The Labute approximate surface area is 124 Å². The Bertz CT molecular complexity index is 419. The number of aliphatic carboxylic acids is 4. The molecule has 0 saturated carbocycles. The second-order valence-electron chi connectivity index (χ2n) is 4.07. The van der Waals surface area contributed by atoms with Gasteiger partial charge in [-0.1, -0.05) is 0 Å². The minimum absolute atomic E-state index is 0.0231. The molecule has 126 valence electrons. The van der Waals surface area contributed by atoms with Gasteiger partial charge in [-0.3, -0.25) is 19.2 Å². The van der Waals surface area contributed by atoms with E-state index in [-0.39, 0.29) is 12.8 Å². The summed E-state index contributed by atoms with van der Waals surface area (Å²) in [5, 5.41) is 34.9. The van der Waals surface area contributed by atoms with Crippen LogP contribution in [0.5, 0.6) is 0 Å². The molecule has 0 aromatic carbocycles. The summed E-state index contributed by atoms with van der Waals surface area (Å²) in [5.74, 6) is -5.38. The summed E-state index contributed by atoms with van der Waals surface area (Å²) in [5.41, 5.74) is 5.00. The minimum atomic E-state index is -1.35. The van der Waals surface area contributed by atoms with Crippen LogP contribution in [0.25, 0.3) is 0 Å². The number of carboxylic acids is 4. The van der Waals surface area contributed by atoms with E-state index in [9.17, 15) is 24.0 Å². The van der Waals surface area contributed by atoms with Gasteiger partial charge in [0.15, 0.2) is 0 Å². The molecule has 0 aromatic heterocycles. The molecule has 11 heteroatoms. The van der Waals surface area contributed by atoms with Gasteiger partial charge in [0.2, 0.25) is 5.91 Å². The first-order chi connectivity index (χ1) is 9.97. The molecule has 2 unspecified atom stereocenters. The third-order valence-electron chi connectivity index (χ3n) is 2.04. The van der Waals surface area contributed by atoms with Gasteiger partial charge in [-0.05, 0) is 6.42 Å². The number of amides is 1. The maximum absolute atomic E-state index is 10.4.